The van der Waals surface area contributed by atoms with Gasteiger partial charge in [-0.15, -0.1) is 0 Å². The van der Waals surface area contributed by atoms with Gasteiger partial charge in [0.15, 0.2) is 0 Å². The molecule has 0 aromatic heterocycles. The van der Waals surface area contributed by atoms with Crippen molar-refractivity contribution in [2.45, 2.75) is 32.2 Å². The van der Waals surface area contributed by atoms with Crippen molar-refractivity contribution in [2.24, 2.45) is 0 Å². The van der Waals surface area contributed by atoms with Crippen molar-refractivity contribution in [3.8, 4) is 0 Å². The zero-order valence-corrected chi connectivity index (χ0v) is 10.6. The molecule has 0 amide bonds. The van der Waals surface area contributed by atoms with Crippen LogP contribution in [0.15, 0.2) is 48.6 Å². The summed E-state index contributed by atoms with van der Waals surface area (Å²) < 4.78 is 0. The Morgan fingerprint density at radius 2 is 1.76 bits per heavy atom. The molecule has 0 aliphatic heterocycles. The number of hydroxylamine groups is 1. The number of rotatable bonds is 2. The topological polar surface area (TPSA) is 23.1 Å². The summed E-state index contributed by atoms with van der Waals surface area (Å²) in [5.74, 6) is 0.309. The summed E-state index contributed by atoms with van der Waals surface area (Å²) in [6, 6.07) is 7.85. The summed E-state index contributed by atoms with van der Waals surface area (Å²) in [4.78, 5) is 0. The molecular formula is C15H18NO. The van der Waals surface area contributed by atoms with Crippen molar-refractivity contribution < 1.29 is 5.21 Å². The zero-order chi connectivity index (χ0) is 12.5. The fourth-order valence-corrected chi connectivity index (χ4v) is 1.90. The minimum atomic E-state index is -0.403. The van der Waals surface area contributed by atoms with Crippen LogP contribution in [0.5, 0.6) is 0 Å². The first kappa shape index (κ1) is 11.9. The van der Waals surface area contributed by atoms with Crippen LogP contribution < -0.4 is 5.06 Å². The maximum atomic E-state index is 12.1. The molecule has 1 aromatic carbocycles. The average Bonchev–Trinajstić information content (AvgIpc) is 2.80. The van der Waals surface area contributed by atoms with Crippen LogP contribution >= 0.6 is 0 Å². The van der Waals surface area contributed by atoms with Gasteiger partial charge in [0.05, 0.1) is 11.2 Å². The summed E-state index contributed by atoms with van der Waals surface area (Å²) in [7, 11) is 0. The van der Waals surface area contributed by atoms with Gasteiger partial charge in [-0.1, -0.05) is 41.6 Å². The maximum Gasteiger partial charge on any atom is 0.0677 e. The Labute approximate surface area is 103 Å². The van der Waals surface area contributed by atoms with Gasteiger partial charge in [0.2, 0.25) is 0 Å². The molecule has 0 unspecified atom stereocenters. The van der Waals surface area contributed by atoms with Gasteiger partial charge in [0, 0.05) is 5.92 Å². The van der Waals surface area contributed by atoms with E-state index in [2.05, 4.69) is 18.2 Å². The number of nitrogens with zero attached hydrogens (tertiary/aromatic N) is 1. The highest BCUT2D eigenvalue weighted by Gasteiger charge is 2.22. The Morgan fingerprint density at radius 3 is 2.35 bits per heavy atom. The predicted octanol–water partition coefficient (Wildman–Crippen LogP) is 3.85. The maximum absolute atomic E-state index is 12.1. The van der Waals surface area contributed by atoms with E-state index in [0.717, 1.165) is 16.3 Å². The third-order valence-corrected chi connectivity index (χ3v) is 2.85. The van der Waals surface area contributed by atoms with Crippen LogP contribution in [0.1, 0.15) is 32.3 Å². The first-order chi connectivity index (χ1) is 7.98. The van der Waals surface area contributed by atoms with E-state index in [1.165, 1.54) is 0 Å². The monoisotopic (exact) mass is 228 g/mol. The standard InChI is InChI=1S/C15H18NO/c1-15(2,3)16(17)14-10-6-9-13(11-14)12-7-4-5-8-12/h4-12H,1-3H3. The van der Waals surface area contributed by atoms with Gasteiger partial charge in [-0.3, -0.25) is 0 Å². The molecule has 1 radical (unpaired) electrons. The molecule has 2 rings (SSSR count). The molecule has 0 N–H and O–H groups in total. The molecule has 0 spiro atoms. The van der Waals surface area contributed by atoms with Gasteiger partial charge < -0.3 is 0 Å². The summed E-state index contributed by atoms with van der Waals surface area (Å²) in [5, 5.41) is 13.2. The van der Waals surface area contributed by atoms with E-state index in [1.54, 1.807) is 0 Å². The lowest BCUT2D eigenvalue weighted by molar-refractivity contribution is 0.102. The SMILES string of the molecule is CC(C)(C)N([O])c1cccc(C2C=CC=C2)c1. The lowest BCUT2D eigenvalue weighted by Gasteiger charge is -2.29. The normalized spacial score (nSPS) is 15.5. The first-order valence-corrected chi connectivity index (χ1v) is 5.91. The van der Waals surface area contributed by atoms with E-state index in [9.17, 15) is 5.21 Å². The van der Waals surface area contributed by atoms with Crippen molar-refractivity contribution in [2.75, 3.05) is 5.06 Å². The molecule has 1 aliphatic carbocycles. The lowest BCUT2D eigenvalue weighted by atomic mass is 9.99. The molecule has 17 heavy (non-hydrogen) atoms. The molecule has 2 nitrogen and oxygen atoms in total. The Bertz CT molecular complexity index is 442. The largest absolute Gasteiger partial charge is 0.215 e. The van der Waals surface area contributed by atoms with E-state index < -0.39 is 5.54 Å². The second kappa shape index (κ2) is 4.38. The molecule has 2 heteroatoms. The Morgan fingerprint density at radius 1 is 1.12 bits per heavy atom. The third-order valence-electron chi connectivity index (χ3n) is 2.85. The lowest BCUT2D eigenvalue weighted by Crippen LogP contribution is -2.37. The quantitative estimate of drug-likeness (QED) is 0.705. The highest BCUT2D eigenvalue weighted by molar-refractivity contribution is 5.50. The Kier molecular flexibility index (Phi) is 3.07. The fourth-order valence-electron chi connectivity index (χ4n) is 1.90. The molecule has 0 fully saturated rings. The van der Waals surface area contributed by atoms with E-state index in [1.807, 2.05) is 51.1 Å². The molecule has 0 bridgehead atoms. The highest BCUT2D eigenvalue weighted by Crippen LogP contribution is 2.28. The zero-order valence-electron chi connectivity index (χ0n) is 10.6. The fraction of sp³-hybridized carbons (Fsp3) is 0.333. The number of allylic oxidation sites excluding steroid dienone is 4. The van der Waals surface area contributed by atoms with Gasteiger partial charge in [0.1, 0.15) is 0 Å². The van der Waals surface area contributed by atoms with Crippen LogP contribution in [0, 0.1) is 0 Å². The van der Waals surface area contributed by atoms with E-state index >= 15 is 0 Å². The van der Waals surface area contributed by atoms with Gasteiger partial charge >= 0.3 is 0 Å². The van der Waals surface area contributed by atoms with E-state index in [0.29, 0.717) is 5.92 Å². The predicted molar refractivity (Wildman–Crippen MR) is 70.4 cm³/mol. The first-order valence-electron chi connectivity index (χ1n) is 5.91. The van der Waals surface area contributed by atoms with E-state index in [4.69, 9.17) is 0 Å². The van der Waals surface area contributed by atoms with Crippen LogP contribution in [-0.4, -0.2) is 5.54 Å². The smallest absolute Gasteiger partial charge is 0.0677 e. The minimum Gasteiger partial charge on any atom is -0.215 e. The number of benzene rings is 1. The van der Waals surface area contributed by atoms with Crippen molar-refractivity contribution in [1.82, 2.24) is 0 Å². The summed E-state index contributed by atoms with van der Waals surface area (Å²) in [6.07, 6.45) is 8.34. The van der Waals surface area contributed by atoms with Crippen molar-refractivity contribution in [3.05, 3.63) is 54.1 Å². The Hall–Kier alpha value is -1.54. The summed E-state index contributed by atoms with van der Waals surface area (Å²) in [5.41, 5.74) is 1.49. The second-order valence-corrected chi connectivity index (χ2v) is 5.36. The van der Waals surface area contributed by atoms with Gasteiger partial charge in [-0.2, -0.15) is 0 Å². The molecule has 0 heterocycles. The van der Waals surface area contributed by atoms with Crippen LogP contribution in [0.4, 0.5) is 5.69 Å². The average molecular weight is 228 g/mol. The van der Waals surface area contributed by atoms with Crippen LogP contribution in [0.2, 0.25) is 0 Å². The molecule has 0 atom stereocenters. The number of hydrogen-bond donors (Lipinski definition) is 0. The number of hydrogen-bond acceptors (Lipinski definition) is 1. The van der Waals surface area contributed by atoms with Crippen molar-refractivity contribution in [1.29, 1.82) is 0 Å². The van der Waals surface area contributed by atoms with Gasteiger partial charge in [-0.05, 0) is 38.5 Å². The molecule has 1 aromatic rings. The molecule has 0 saturated heterocycles. The highest BCUT2D eigenvalue weighted by atomic mass is 16.5. The minimum absolute atomic E-state index is 0.309. The van der Waals surface area contributed by atoms with Crippen LogP contribution in [0.25, 0.3) is 0 Å². The third kappa shape index (κ3) is 2.59. The van der Waals surface area contributed by atoms with E-state index in [-0.39, 0.29) is 0 Å². The molecular weight excluding hydrogens is 210 g/mol. The van der Waals surface area contributed by atoms with Crippen LogP contribution in [0.3, 0.4) is 0 Å². The Balaban J connectivity index is 2.28. The van der Waals surface area contributed by atoms with Crippen molar-refractivity contribution in [3.63, 3.8) is 0 Å². The number of anilines is 1. The summed E-state index contributed by atoms with van der Waals surface area (Å²) in [6.45, 7) is 5.76. The van der Waals surface area contributed by atoms with Gasteiger partial charge in [0.25, 0.3) is 0 Å². The van der Waals surface area contributed by atoms with Gasteiger partial charge in [-0.25, -0.2) is 5.06 Å². The molecule has 89 valence electrons. The summed E-state index contributed by atoms with van der Waals surface area (Å²) >= 11 is 0. The molecule has 0 saturated carbocycles. The second-order valence-electron chi connectivity index (χ2n) is 5.36. The van der Waals surface area contributed by atoms with Crippen molar-refractivity contribution >= 4 is 5.69 Å². The molecule has 1 aliphatic rings. The van der Waals surface area contributed by atoms with Crippen LogP contribution in [-0.2, 0) is 5.21 Å².